The van der Waals surface area contributed by atoms with Crippen LogP contribution < -0.4 is 5.32 Å². The summed E-state index contributed by atoms with van der Waals surface area (Å²) in [5.41, 5.74) is -0.474. The number of carbonyl (C=O) groups is 2. The summed E-state index contributed by atoms with van der Waals surface area (Å²) in [5.74, 6) is 0.645. The minimum atomic E-state index is -0.474. The van der Waals surface area contributed by atoms with E-state index in [4.69, 9.17) is 9.15 Å². The zero-order chi connectivity index (χ0) is 16.9. The van der Waals surface area contributed by atoms with E-state index >= 15 is 0 Å². The molecule has 1 aliphatic heterocycles. The van der Waals surface area contributed by atoms with Crippen molar-refractivity contribution in [3.63, 3.8) is 0 Å². The van der Waals surface area contributed by atoms with Crippen LogP contribution >= 0.6 is 0 Å². The fraction of sp³-hybridized carbons (Fsp3) is 0.647. The Morgan fingerprint density at radius 3 is 2.87 bits per heavy atom. The van der Waals surface area contributed by atoms with Gasteiger partial charge in [-0.15, -0.1) is 0 Å². The largest absolute Gasteiger partial charge is 0.461 e. The molecule has 6 heteroatoms. The molecule has 0 bridgehead atoms. The first-order valence-electron chi connectivity index (χ1n) is 8.10. The van der Waals surface area contributed by atoms with E-state index in [-0.39, 0.29) is 18.4 Å². The molecular weight excluding hydrogens is 296 g/mol. The predicted octanol–water partition coefficient (Wildman–Crippen LogP) is 2.70. The molecule has 0 aliphatic carbocycles. The van der Waals surface area contributed by atoms with Gasteiger partial charge in [0.05, 0.1) is 12.8 Å². The number of ketones is 1. The highest BCUT2D eigenvalue weighted by atomic mass is 16.6. The Kier molecular flexibility index (Phi) is 5.82. The number of carbonyl (C=O) groups excluding carboxylic acids is 2. The number of nitrogens with one attached hydrogen (secondary N) is 1. The standard InChI is InChI=1S/C17H26N2O4/c1-17(2,3)23-16(21)19-8-4-6-13(12-19)10-18-11-14(20)15-7-5-9-22-15/h5,7,9,13,18H,4,6,8,10-12H2,1-3H3/t13-/m0/s1. The van der Waals surface area contributed by atoms with Crippen LogP contribution in [-0.4, -0.2) is 48.6 Å². The van der Waals surface area contributed by atoms with Crippen LogP contribution in [0.4, 0.5) is 4.79 Å². The Morgan fingerprint density at radius 2 is 2.22 bits per heavy atom. The lowest BCUT2D eigenvalue weighted by atomic mass is 9.98. The first-order valence-corrected chi connectivity index (χ1v) is 8.10. The van der Waals surface area contributed by atoms with Gasteiger partial charge in [0.2, 0.25) is 5.78 Å². The lowest BCUT2D eigenvalue weighted by Crippen LogP contribution is -2.45. The van der Waals surface area contributed by atoms with Gasteiger partial charge in [-0.05, 0) is 51.7 Å². The van der Waals surface area contributed by atoms with Gasteiger partial charge in [0.1, 0.15) is 5.60 Å². The molecule has 0 saturated carbocycles. The number of Topliss-reactive ketones (excluding diaryl/α,β-unsaturated/α-hetero) is 1. The summed E-state index contributed by atoms with van der Waals surface area (Å²) in [6.45, 7) is 7.95. The molecule has 1 aromatic rings. The SMILES string of the molecule is CC(C)(C)OC(=O)N1CCC[C@@H](CNCC(=O)c2ccco2)C1. The van der Waals surface area contributed by atoms with E-state index < -0.39 is 5.60 Å². The minimum absolute atomic E-state index is 0.0604. The maximum absolute atomic E-state index is 12.1. The van der Waals surface area contributed by atoms with Crippen LogP contribution in [0, 0.1) is 5.92 Å². The summed E-state index contributed by atoms with van der Waals surface area (Å²) in [7, 11) is 0. The maximum atomic E-state index is 12.1. The number of rotatable bonds is 5. The van der Waals surface area contributed by atoms with Gasteiger partial charge in [0.25, 0.3) is 0 Å². The first-order chi connectivity index (χ1) is 10.8. The zero-order valence-corrected chi connectivity index (χ0v) is 14.1. The van der Waals surface area contributed by atoms with E-state index in [1.807, 2.05) is 20.8 Å². The van der Waals surface area contributed by atoms with E-state index in [0.29, 0.717) is 24.8 Å². The lowest BCUT2D eigenvalue weighted by molar-refractivity contribution is 0.0166. The van der Waals surface area contributed by atoms with E-state index in [9.17, 15) is 9.59 Å². The monoisotopic (exact) mass is 322 g/mol. The van der Waals surface area contributed by atoms with Crippen molar-refractivity contribution < 1.29 is 18.7 Å². The third-order valence-corrected chi connectivity index (χ3v) is 3.69. The van der Waals surface area contributed by atoms with Crippen molar-refractivity contribution in [1.82, 2.24) is 10.2 Å². The second-order valence-electron chi connectivity index (χ2n) is 6.97. The summed E-state index contributed by atoms with van der Waals surface area (Å²) in [6, 6.07) is 3.36. The highest BCUT2D eigenvalue weighted by Gasteiger charge is 2.27. The molecule has 23 heavy (non-hydrogen) atoms. The summed E-state index contributed by atoms with van der Waals surface area (Å²) in [5, 5.41) is 3.16. The number of ether oxygens (including phenoxy) is 1. The fourth-order valence-corrected chi connectivity index (χ4v) is 2.64. The predicted molar refractivity (Wildman–Crippen MR) is 86.4 cm³/mol. The van der Waals surface area contributed by atoms with Gasteiger partial charge in [-0.1, -0.05) is 0 Å². The molecule has 0 spiro atoms. The van der Waals surface area contributed by atoms with Crippen LogP contribution in [0.5, 0.6) is 0 Å². The van der Waals surface area contributed by atoms with Crippen LogP contribution in [0.3, 0.4) is 0 Å². The van der Waals surface area contributed by atoms with Gasteiger partial charge in [0, 0.05) is 19.6 Å². The number of piperidine rings is 1. The van der Waals surface area contributed by atoms with Crippen LogP contribution in [0.15, 0.2) is 22.8 Å². The van der Waals surface area contributed by atoms with Crippen LogP contribution in [0.1, 0.15) is 44.2 Å². The van der Waals surface area contributed by atoms with Crippen molar-refractivity contribution in [2.24, 2.45) is 5.92 Å². The van der Waals surface area contributed by atoms with Gasteiger partial charge in [-0.2, -0.15) is 0 Å². The normalized spacial score (nSPS) is 18.7. The van der Waals surface area contributed by atoms with Crippen molar-refractivity contribution in [2.45, 2.75) is 39.2 Å². The molecule has 1 fully saturated rings. The van der Waals surface area contributed by atoms with Crippen molar-refractivity contribution in [2.75, 3.05) is 26.2 Å². The number of hydrogen-bond donors (Lipinski definition) is 1. The van der Waals surface area contributed by atoms with Crippen molar-refractivity contribution >= 4 is 11.9 Å². The maximum Gasteiger partial charge on any atom is 0.410 e. The van der Waals surface area contributed by atoms with Crippen molar-refractivity contribution in [1.29, 1.82) is 0 Å². The van der Waals surface area contributed by atoms with Gasteiger partial charge < -0.3 is 19.4 Å². The average Bonchev–Trinajstić information content (AvgIpc) is 3.00. The second-order valence-corrected chi connectivity index (χ2v) is 6.97. The molecule has 2 rings (SSSR count). The molecule has 1 aromatic heterocycles. The van der Waals surface area contributed by atoms with Gasteiger partial charge in [0.15, 0.2) is 5.76 Å². The topological polar surface area (TPSA) is 71.8 Å². The molecular formula is C17H26N2O4. The summed E-state index contributed by atoms with van der Waals surface area (Å²) in [6.07, 6.45) is 3.24. The Labute approximate surface area is 137 Å². The lowest BCUT2D eigenvalue weighted by Gasteiger charge is -2.34. The third kappa shape index (κ3) is 5.71. The Morgan fingerprint density at radius 1 is 1.43 bits per heavy atom. The van der Waals surface area contributed by atoms with E-state index in [2.05, 4.69) is 5.32 Å². The number of nitrogens with zero attached hydrogens (tertiary/aromatic N) is 1. The second kappa shape index (κ2) is 7.64. The molecule has 6 nitrogen and oxygen atoms in total. The molecule has 1 amide bonds. The van der Waals surface area contributed by atoms with Gasteiger partial charge in [-0.3, -0.25) is 4.79 Å². The first kappa shape index (κ1) is 17.5. The average molecular weight is 322 g/mol. The Bertz CT molecular complexity index is 519. The highest BCUT2D eigenvalue weighted by molar-refractivity contribution is 5.94. The van der Waals surface area contributed by atoms with Crippen LogP contribution in [0.25, 0.3) is 0 Å². The minimum Gasteiger partial charge on any atom is -0.461 e. The van der Waals surface area contributed by atoms with Crippen LogP contribution in [-0.2, 0) is 4.74 Å². The third-order valence-electron chi connectivity index (χ3n) is 3.69. The quantitative estimate of drug-likeness (QED) is 0.844. The number of likely N-dealkylation sites (tertiary alicyclic amines) is 1. The van der Waals surface area contributed by atoms with E-state index in [0.717, 1.165) is 19.4 Å². The van der Waals surface area contributed by atoms with E-state index in [1.165, 1.54) is 6.26 Å². The molecule has 1 saturated heterocycles. The van der Waals surface area contributed by atoms with E-state index in [1.54, 1.807) is 17.0 Å². The molecule has 1 aliphatic rings. The molecule has 2 heterocycles. The zero-order valence-electron chi connectivity index (χ0n) is 14.1. The number of amides is 1. The summed E-state index contributed by atoms with van der Waals surface area (Å²) >= 11 is 0. The van der Waals surface area contributed by atoms with Crippen molar-refractivity contribution in [3.05, 3.63) is 24.2 Å². The van der Waals surface area contributed by atoms with Gasteiger partial charge >= 0.3 is 6.09 Å². The Balaban J connectivity index is 1.73. The highest BCUT2D eigenvalue weighted by Crippen LogP contribution is 2.18. The summed E-state index contributed by atoms with van der Waals surface area (Å²) in [4.78, 5) is 25.7. The summed E-state index contributed by atoms with van der Waals surface area (Å²) < 4.78 is 10.5. The molecule has 0 radical (unpaired) electrons. The number of furan rings is 1. The fourth-order valence-electron chi connectivity index (χ4n) is 2.64. The molecule has 128 valence electrons. The molecule has 1 atom stereocenters. The van der Waals surface area contributed by atoms with Crippen LogP contribution in [0.2, 0.25) is 0 Å². The molecule has 1 N–H and O–H groups in total. The molecule has 0 aromatic carbocycles. The molecule has 0 unspecified atom stereocenters. The number of hydrogen-bond acceptors (Lipinski definition) is 5. The Hall–Kier alpha value is -1.82. The van der Waals surface area contributed by atoms with Crippen molar-refractivity contribution in [3.8, 4) is 0 Å². The smallest absolute Gasteiger partial charge is 0.410 e. The van der Waals surface area contributed by atoms with Gasteiger partial charge in [-0.25, -0.2) is 4.79 Å².